The van der Waals surface area contributed by atoms with E-state index in [4.69, 9.17) is 4.98 Å². The van der Waals surface area contributed by atoms with E-state index in [1.807, 2.05) is 47.3 Å². The first kappa shape index (κ1) is 16.4. The molecule has 0 bridgehead atoms. The molecule has 2 aliphatic rings. The first-order valence-electron chi connectivity index (χ1n) is 9.96. The Morgan fingerprint density at radius 3 is 2.86 bits per heavy atom. The van der Waals surface area contributed by atoms with E-state index in [0.29, 0.717) is 5.95 Å². The molecule has 2 aliphatic heterocycles. The Morgan fingerprint density at radius 1 is 1.10 bits per heavy atom. The average Bonchev–Trinajstić information content (AvgIpc) is 3.53. The van der Waals surface area contributed by atoms with Crippen LogP contribution in [-0.4, -0.2) is 40.8 Å². The predicted molar refractivity (Wildman–Crippen MR) is 108 cm³/mol. The number of rotatable bonds is 3. The summed E-state index contributed by atoms with van der Waals surface area (Å²) in [7, 11) is 0. The lowest BCUT2D eigenvalue weighted by Gasteiger charge is -2.42. The lowest BCUT2D eigenvalue weighted by atomic mass is 9.90. The maximum Gasteiger partial charge on any atom is 0.237 e. The number of imidazole rings is 1. The van der Waals surface area contributed by atoms with E-state index in [2.05, 4.69) is 36.6 Å². The van der Waals surface area contributed by atoms with E-state index < -0.39 is 0 Å². The van der Waals surface area contributed by atoms with Crippen LogP contribution in [-0.2, 0) is 5.54 Å². The van der Waals surface area contributed by atoms with Crippen LogP contribution in [0.5, 0.6) is 0 Å². The molecule has 8 heteroatoms. The lowest BCUT2D eigenvalue weighted by molar-refractivity contribution is 0.382. The SMILES string of the molecule is CC[C@@]12CCCN1c1nc(-n3ccnc3-c3ccccc3)ncc1-n1cnnc12. The van der Waals surface area contributed by atoms with Crippen molar-refractivity contribution in [1.29, 1.82) is 0 Å². The highest BCUT2D eigenvalue weighted by atomic mass is 15.4. The zero-order valence-corrected chi connectivity index (χ0v) is 16.1. The molecule has 3 aromatic heterocycles. The van der Waals surface area contributed by atoms with Gasteiger partial charge in [0.05, 0.1) is 6.20 Å². The van der Waals surface area contributed by atoms with E-state index in [1.54, 1.807) is 12.5 Å². The minimum absolute atomic E-state index is 0.147. The van der Waals surface area contributed by atoms with Crippen LogP contribution in [0.15, 0.2) is 55.2 Å². The van der Waals surface area contributed by atoms with Crippen LogP contribution in [0.3, 0.4) is 0 Å². The van der Waals surface area contributed by atoms with E-state index in [9.17, 15) is 0 Å². The lowest BCUT2D eigenvalue weighted by Crippen LogP contribution is -2.46. The smallest absolute Gasteiger partial charge is 0.237 e. The number of nitrogens with zero attached hydrogens (tertiary/aromatic N) is 8. The summed E-state index contributed by atoms with van der Waals surface area (Å²) in [5.41, 5.74) is 1.82. The molecule has 0 saturated carbocycles. The molecule has 0 amide bonds. The van der Waals surface area contributed by atoms with Crippen molar-refractivity contribution in [3.05, 3.63) is 61.1 Å². The summed E-state index contributed by atoms with van der Waals surface area (Å²) in [5.74, 6) is 3.38. The Balaban J connectivity index is 1.54. The van der Waals surface area contributed by atoms with Gasteiger partial charge in [0.15, 0.2) is 11.6 Å². The topological polar surface area (TPSA) is 77.5 Å². The molecular weight excluding hydrogens is 364 g/mol. The number of fused-ring (bicyclic) bond motifs is 6. The summed E-state index contributed by atoms with van der Waals surface area (Å²) in [5, 5.41) is 8.67. The second-order valence-corrected chi connectivity index (χ2v) is 7.53. The third-order valence-corrected chi connectivity index (χ3v) is 6.18. The normalized spacial score (nSPS) is 19.7. The Morgan fingerprint density at radius 2 is 2.00 bits per heavy atom. The van der Waals surface area contributed by atoms with Crippen molar-refractivity contribution < 1.29 is 0 Å². The fourth-order valence-corrected chi connectivity index (χ4v) is 4.78. The van der Waals surface area contributed by atoms with Gasteiger partial charge in [-0.25, -0.2) is 9.97 Å². The second-order valence-electron chi connectivity index (χ2n) is 7.53. The van der Waals surface area contributed by atoms with Crippen molar-refractivity contribution in [2.24, 2.45) is 0 Å². The van der Waals surface area contributed by atoms with Gasteiger partial charge in [0.1, 0.15) is 23.4 Å². The van der Waals surface area contributed by atoms with Gasteiger partial charge in [-0.15, -0.1) is 10.2 Å². The number of anilines is 1. The van der Waals surface area contributed by atoms with Gasteiger partial charge in [-0.2, -0.15) is 4.98 Å². The van der Waals surface area contributed by atoms with Gasteiger partial charge in [0.25, 0.3) is 0 Å². The molecule has 5 heterocycles. The van der Waals surface area contributed by atoms with E-state index in [-0.39, 0.29) is 5.54 Å². The summed E-state index contributed by atoms with van der Waals surface area (Å²) in [6.07, 6.45) is 10.5. The molecule has 0 N–H and O–H groups in total. The van der Waals surface area contributed by atoms with Gasteiger partial charge in [-0.1, -0.05) is 37.3 Å². The number of aromatic nitrogens is 7. The molecule has 0 unspecified atom stereocenters. The van der Waals surface area contributed by atoms with Crippen LogP contribution in [0.25, 0.3) is 23.0 Å². The first-order valence-corrected chi connectivity index (χ1v) is 9.96. The maximum atomic E-state index is 5.02. The van der Waals surface area contributed by atoms with Crippen LogP contribution < -0.4 is 4.90 Å². The summed E-state index contributed by atoms with van der Waals surface area (Å²) in [4.78, 5) is 16.6. The van der Waals surface area contributed by atoms with E-state index in [0.717, 1.165) is 54.5 Å². The minimum Gasteiger partial charge on any atom is -0.342 e. The summed E-state index contributed by atoms with van der Waals surface area (Å²) >= 11 is 0. The zero-order valence-electron chi connectivity index (χ0n) is 16.1. The van der Waals surface area contributed by atoms with Crippen LogP contribution in [0.2, 0.25) is 0 Å². The van der Waals surface area contributed by atoms with Crippen molar-refractivity contribution in [2.75, 3.05) is 11.4 Å². The van der Waals surface area contributed by atoms with Crippen LogP contribution in [0.1, 0.15) is 32.0 Å². The molecular formula is C21H20N8. The Bertz CT molecular complexity index is 1190. The number of hydrogen-bond donors (Lipinski definition) is 0. The molecule has 144 valence electrons. The Hall–Kier alpha value is -3.55. The maximum absolute atomic E-state index is 5.02. The third kappa shape index (κ3) is 2.16. The Labute approximate surface area is 167 Å². The minimum atomic E-state index is -0.147. The van der Waals surface area contributed by atoms with Crippen LogP contribution in [0.4, 0.5) is 5.82 Å². The summed E-state index contributed by atoms with van der Waals surface area (Å²) in [6.45, 7) is 3.17. The van der Waals surface area contributed by atoms with Crippen LogP contribution in [0, 0.1) is 0 Å². The number of benzene rings is 1. The van der Waals surface area contributed by atoms with Gasteiger partial charge < -0.3 is 4.90 Å². The molecule has 1 atom stereocenters. The van der Waals surface area contributed by atoms with Crippen molar-refractivity contribution in [1.82, 2.24) is 34.3 Å². The van der Waals surface area contributed by atoms with Gasteiger partial charge in [-0.3, -0.25) is 9.13 Å². The molecule has 29 heavy (non-hydrogen) atoms. The highest BCUT2D eigenvalue weighted by molar-refractivity contribution is 5.65. The third-order valence-electron chi connectivity index (χ3n) is 6.18. The molecule has 4 aromatic rings. The van der Waals surface area contributed by atoms with Crippen molar-refractivity contribution in [3.8, 4) is 23.0 Å². The van der Waals surface area contributed by atoms with Crippen molar-refractivity contribution in [3.63, 3.8) is 0 Å². The summed E-state index contributed by atoms with van der Waals surface area (Å²) in [6, 6.07) is 10.1. The molecule has 0 aliphatic carbocycles. The molecule has 0 spiro atoms. The monoisotopic (exact) mass is 384 g/mol. The highest BCUT2D eigenvalue weighted by Crippen LogP contribution is 2.48. The largest absolute Gasteiger partial charge is 0.342 e. The summed E-state index contributed by atoms with van der Waals surface area (Å²) < 4.78 is 4.00. The molecule has 1 fully saturated rings. The fraction of sp³-hybridized carbons (Fsp3) is 0.286. The molecule has 1 saturated heterocycles. The van der Waals surface area contributed by atoms with E-state index in [1.165, 1.54) is 0 Å². The zero-order chi connectivity index (χ0) is 19.4. The predicted octanol–water partition coefficient (Wildman–Crippen LogP) is 3.13. The standard InChI is InChI=1S/C21H20N8/c1-2-21-9-6-11-29(21)18-16(28-14-24-26-19(21)28)13-23-20(25-18)27-12-10-22-17(27)15-7-4-3-5-8-15/h3-5,7-8,10,12-14H,2,6,9,11H2,1H3/t21-/m0/s1. The van der Waals surface area contributed by atoms with Crippen molar-refractivity contribution >= 4 is 5.82 Å². The quantitative estimate of drug-likeness (QED) is 0.540. The molecule has 6 rings (SSSR count). The average molecular weight is 384 g/mol. The van der Waals surface area contributed by atoms with Gasteiger partial charge in [0, 0.05) is 24.5 Å². The first-order chi connectivity index (χ1) is 14.3. The fourth-order valence-electron chi connectivity index (χ4n) is 4.78. The second kappa shape index (κ2) is 5.97. The molecule has 8 nitrogen and oxygen atoms in total. The van der Waals surface area contributed by atoms with Crippen LogP contribution >= 0.6 is 0 Å². The van der Waals surface area contributed by atoms with Gasteiger partial charge >= 0.3 is 0 Å². The number of hydrogen-bond acceptors (Lipinski definition) is 6. The van der Waals surface area contributed by atoms with Gasteiger partial charge in [-0.05, 0) is 19.3 Å². The molecule has 1 aromatic carbocycles. The molecule has 0 radical (unpaired) electrons. The van der Waals surface area contributed by atoms with E-state index >= 15 is 0 Å². The highest BCUT2D eigenvalue weighted by Gasteiger charge is 2.49. The van der Waals surface area contributed by atoms with Gasteiger partial charge in [0.2, 0.25) is 5.95 Å². The van der Waals surface area contributed by atoms with Crippen molar-refractivity contribution in [2.45, 2.75) is 31.7 Å². The Kier molecular flexibility index (Phi) is 3.38.